The van der Waals surface area contributed by atoms with Gasteiger partial charge < -0.3 is 0 Å². The Kier molecular flexibility index (Phi) is 9.16. The molecule has 2 aromatic rings. The van der Waals surface area contributed by atoms with Gasteiger partial charge >= 0.3 is 10.4 Å². The van der Waals surface area contributed by atoms with Gasteiger partial charge in [-0.25, -0.2) is 52.3 Å². The SMILES string of the molecule is CCCC(OS(=O)(=O)OC(CCC)c1c(F)c(F)c(F)c(F)c1F)c1c(F)c(F)c(F)c(F)c1F. The second-order valence-corrected chi connectivity index (χ2v) is 8.32. The third kappa shape index (κ3) is 5.72. The molecule has 0 radical (unpaired) electrons. The van der Waals surface area contributed by atoms with E-state index in [2.05, 4.69) is 8.37 Å². The van der Waals surface area contributed by atoms with Gasteiger partial charge in [-0.3, -0.25) is 0 Å². The quantitative estimate of drug-likeness (QED) is 0.190. The van der Waals surface area contributed by atoms with Gasteiger partial charge in [0, 0.05) is 0 Å². The number of hydrogen-bond acceptors (Lipinski definition) is 4. The molecule has 35 heavy (non-hydrogen) atoms. The molecule has 0 aromatic heterocycles. The monoisotopic (exact) mass is 542 g/mol. The first-order valence-corrected chi connectivity index (χ1v) is 11.2. The third-order valence-corrected chi connectivity index (χ3v) is 5.64. The summed E-state index contributed by atoms with van der Waals surface area (Å²) in [6.45, 7) is 2.65. The van der Waals surface area contributed by atoms with E-state index in [0.29, 0.717) is 0 Å². The lowest BCUT2D eigenvalue weighted by Crippen LogP contribution is -2.22. The van der Waals surface area contributed by atoms with Crippen LogP contribution in [0.25, 0.3) is 0 Å². The molecule has 15 heteroatoms. The highest BCUT2D eigenvalue weighted by molar-refractivity contribution is 7.81. The van der Waals surface area contributed by atoms with Crippen molar-refractivity contribution in [3.05, 3.63) is 69.3 Å². The van der Waals surface area contributed by atoms with E-state index in [4.69, 9.17) is 0 Å². The largest absolute Gasteiger partial charge is 0.401 e. The van der Waals surface area contributed by atoms with Crippen LogP contribution in [0.2, 0.25) is 0 Å². The highest BCUT2D eigenvalue weighted by Crippen LogP contribution is 2.37. The van der Waals surface area contributed by atoms with E-state index in [1.807, 2.05) is 0 Å². The van der Waals surface area contributed by atoms with Crippen LogP contribution in [0.4, 0.5) is 43.9 Å². The van der Waals surface area contributed by atoms with Crippen molar-refractivity contribution in [2.75, 3.05) is 0 Å². The first-order valence-electron chi connectivity index (χ1n) is 9.84. The first kappa shape index (κ1) is 28.8. The molecule has 0 heterocycles. The van der Waals surface area contributed by atoms with Crippen LogP contribution in [0, 0.1) is 58.2 Å². The summed E-state index contributed by atoms with van der Waals surface area (Å²) in [6, 6.07) is 0. The summed E-state index contributed by atoms with van der Waals surface area (Å²) in [6.07, 6.45) is -6.29. The van der Waals surface area contributed by atoms with Gasteiger partial charge in [0.1, 0.15) is 12.2 Å². The minimum Gasteiger partial charge on any atom is -0.240 e. The fraction of sp³-hybridized carbons (Fsp3) is 0.400. The summed E-state index contributed by atoms with van der Waals surface area (Å²) >= 11 is 0. The second kappa shape index (κ2) is 11.1. The van der Waals surface area contributed by atoms with Crippen LogP contribution >= 0.6 is 0 Å². The Bertz CT molecular complexity index is 1070. The van der Waals surface area contributed by atoms with E-state index < -0.39 is 105 Å². The Hall–Kier alpha value is -2.39. The van der Waals surface area contributed by atoms with Gasteiger partial charge in [0.05, 0.1) is 11.1 Å². The fourth-order valence-electron chi connectivity index (χ4n) is 3.12. The van der Waals surface area contributed by atoms with Crippen molar-refractivity contribution in [3.8, 4) is 0 Å². The molecule has 2 rings (SSSR count). The molecular formula is C20H16F10O4S. The van der Waals surface area contributed by atoms with E-state index in [1.54, 1.807) is 0 Å². The lowest BCUT2D eigenvalue weighted by Gasteiger charge is -2.22. The van der Waals surface area contributed by atoms with Gasteiger partial charge in [0.2, 0.25) is 11.6 Å². The van der Waals surface area contributed by atoms with E-state index in [9.17, 15) is 52.3 Å². The zero-order chi connectivity index (χ0) is 26.8. The van der Waals surface area contributed by atoms with E-state index in [-0.39, 0.29) is 12.8 Å². The Morgan fingerprint density at radius 2 is 0.743 bits per heavy atom. The molecule has 0 fully saturated rings. The Labute approximate surface area is 192 Å². The molecule has 4 nitrogen and oxygen atoms in total. The molecule has 0 amide bonds. The fourth-order valence-corrected chi connectivity index (χ4v) is 4.12. The molecule has 0 N–H and O–H groups in total. The van der Waals surface area contributed by atoms with Crippen LogP contribution in [-0.4, -0.2) is 8.42 Å². The summed E-state index contributed by atoms with van der Waals surface area (Å²) < 4.78 is 171. The van der Waals surface area contributed by atoms with Crippen molar-refractivity contribution >= 4 is 10.4 Å². The molecule has 0 aliphatic rings. The maximum Gasteiger partial charge on any atom is 0.401 e. The van der Waals surface area contributed by atoms with Gasteiger partial charge in [-0.1, -0.05) is 26.7 Å². The van der Waals surface area contributed by atoms with Crippen molar-refractivity contribution in [1.29, 1.82) is 0 Å². The van der Waals surface area contributed by atoms with Gasteiger partial charge in [0.15, 0.2) is 46.5 Å². The predicted octanol–water partition coefficient (Wildman–Crippen LogP) is 6.74. The van der Waals surface area contributed by atoms with Gasteiger partial charge in [-0.15, -0.1) is 0 Å². The van der Waals surface area contributed by atoms with Gasteiger partial charge in [-0.05, 0) is 12.8 Å². The third-order valence-electron chi connectivity index (χ3n) is 4.70. The van der Waals surface area contributed by atoms with Crippen molar-refractivity contribution in [2.45, 2.75) is 51.7 Å². The summed E-state index contributed by atoms with van der Waals surface area (Å²) in [5.74, 6) is -24.2. The normalized spacial score (nSPS) is 13.8. The molecule has 2 aromatic carbocycles. The van der Waals surface area contributed by atoms with Crippen LogP contribution in [0.15, 0.2) is 0 Å². The topological polar surface area (TPSA) is 52.6 Å². The molecule has 0 bridgehead atoms. The van der Waals surface area contributed by atoms with Gasteiger partial charge in [-0.2, -0.15) is 8.42 Å². The number of benzene rings is 2. The Morgan fingerprint density at radius 3 is 0.971 bits per heavy atom. The molecule has 196 valence electrons. The maximum atomic E-state index is 14.2. The summed E-state index contributed by atoms with van der Waals surface area (Å²) in [7, 11) is -5.60. The molecule has 0 spiro atoms. The van der Waals surface area contributed by atoms with Crippen LogP contribution < -0.4 is 0 Å². The summed E-state index contributed by atoms with van der Waals surface area (Å²) in [4.78, 5) is 0. The lowest BCUT2D eigenvalue weighted by atomic mass is 10.0. The Morgan fingerprint density at radius 1 is 0.514 bits per heavy atom. The Balaban J connectivity index is 2.54. The van der Waals surface area contributed by atoms with Crippen molar-refractivity contribution < 1.29 is 60.7 Å². The number of rotatable bonds is 10. The summed E-state index contributed by atoms with van der Waals surface area (Å²) in [5.41, 5.74) is -3.34. The molecular weight excluding hydrogens is 526 g/mol. The summed E-state index contributed by atoms with van der Waals surface area (Å²) in [5, 5.41) is 0. The predicted molar refractivity (Wildman–Crippen MR) is 98.9 cm³/mol. The maximum absolute atomic E-state index is 14.2. The van der Waals surface area contributed by atoms with E-state index in [0.717, 1.165) is 0 Å². The smallest absolute Gasteiger partial charge is 0.240 e. The van der Waals surface area contributed by atoms with Crippen molar-refractivity contribution in [1.82, 2.24) is 0 Å². The van der Waals surface area contributed by atoms with Crippen molar-refractivity contribution in [3.63, 3.8) is 0 Å². The minimum atomic E-state index is -5.60. The van der Waals surface area contributed by atoms with E-state index in [1.165, 1.54) is 13.8 Å². The standard InChI is InChI=1S/C20H16F10O4S/c1-3-5-7(9-11(21)15(25)19(29)16(26)12(9)22)33-35(31,32)34-8(6-4-2)10-13(23)17(27)20(30)18(28)14(10)24/h7-8H,3-6H2,1-2H3. The molecule has 0 saturated carbocycles. The van der Waals surface area contributed by atoms with Crippen LogP contribution in [0.1, 0.15) is 62.9 Å². The molecule has 2 unspecified atom stereocenters. The zero-order valence-corrected chi connectivity index (χ0v) is 18.6. The lowest BCUT2D eigenvalue weighted by molar-refractivity contribution is 0.105. The van der Waals surface area contributed by atoms with Crippen LogP contribution in [0.5, 0.6) is 0 Å². The highest BCUT2D eigenvalue weighted by atomic mass is 32.3. The molecule has 0 saturated heterocycles. The number of halogens is 10. The molecule has 0 aliphatic carbocycles. The van der Waals surface area contributed by atoms with E-state index >= 15 is 0 Å². The minimum absolute atomic E-state index is 0.129. The first-order chi connectivity index (χ1) is 16.2. The average molecular weight is 542 g/mol. The second-order valence-electron chi connectivity index (χ2n) is 7.12. The highest BCUT2D eigenvalue weighted by Gasteiger charge is 2.37. The number of hydrogen-bond donors (Lipinski definition) is 0. The van der Waals surface area contributed by atoms with Crippen LogP contribution in [0.3, 0.4) is 0 Å². The molecule has 2 atom stereocenters. The van der Waals surface area contributed by atoms with Crippen molar-refractivity contribution in [2.24, 2.45) is 0 Å². The van der Waals surface area contributed by atoms with Crippen LogP contribution in [-0.2, 0) is 18.8 Å². The zero-order valence-electron chi connectivity index (χ0n) is 17.8. The average Bonchev–Trinajstić information content (AvgIpc) is 2.79. The van der Waals surface area contributed by atoms with Gasteiger partial charge in [0.25, 0.3) is 0 Å². The molecule has 0 aliphatic heterocycles.